The second-order valence-corrected chi connectivity index (χ2v) is 3.56. The van der Waals surface area contributed by atoms with E-state index in [4.69, 9.17) is 5.73 Å². The summed E-state index contributed by atoms with van der Waals surface area (Å²) in [5.41, 5.74) is 8.27. The summed E-state index contributed by atoms with van der Waals surface area (Å²) in [6.07, 6.45) is 1.44. The summed E-state index contributed by atoms with van der Waals surface area (Å²) in [6, 6.07) is 6.11. The van der Waals surface area contributed by atoms with Crippen LogP contribution in [0.5, 0.6) is 0 Å². The number of hydrogen-bond donors (Lipinski definition) is 2. The van der Waals surface area contributed by atoms with E-state index in [0.29, 0.717) is 5.56 Å². The molecule has 1 aromatic carbocycles. The van der Waals surface area contributed by atoms with Gasteiger partial charge < -0.3 is 10.6 Å². The number of carbonyl (C=O) groups is 2. The predicted octanol–water partition coefficient (Wildman–Crippen LogP) is 0.391. The monoisotopic (exact) mass is 234 g/mol. The molecular formula is C11H14N4O2. The Morgan fingerprint density at radius 3 is 2.35 bits per heavy atom. The Balaban J connectivity index is 2.71. The lowest BCUT2D eigenvalue weighted by Crippen LogP contribution is -2.24. The molecule has 1 rings (SSSR count). The summed E-state index contributed by atoms with van der Waals surface area (Å²) in [5, 5.41) is 3.61. The number of hydrazone groups is 1. The summed E-state index contributed by atoms with van der Waals surface area (Å²) in [4.78, 5) is 23.4. The van der Waals surface area contributed by atoms with Crippen LogP contribution in [0.2, 0.25) is 0 Å². The quantitative estimate of drug-likeness (QED) is 0.585. The summed E-state index contributed by atoms with van der Waals surface area (Å²) in [7, 11) is 3.38. The molecule has 0 spiro atoms. The molecule has 3 amide bonds. The van der Waals surface area contributed by atoms with Crippen LogP contribution in [0.15, 0.2) is 29.4 Å². The third-order valence-corrected chi connectivity index (χ3v) is 1.95. The van der Waals surface area contributed by atoms with Gasteiger partial charge >= 0.3 is 6.03 Å². The van der Waals surface area contributed by atoms with Gasteiger partial charge in [-0.25, -0.2) is 10.2 Å². The molecule has 0 heterocycles. The summed E-state index contributed by atoms with van der Waals surface area (Å²) in [5.74, 6) is -0.0660. The first-order chi connectivity index (χ1) is 8.00. The van der Waals surface area contributed by atoms with Gasteiger partial charge in [0.05, 0.1) is 6.21 Å². The lowest BCUT2D eigenvalue weighted by molar-refractivity contribution is 0.0827. The van der Waals surface area contributed by atoms with Gasteiger partial charge in [-0.3, -0.25) is 4.79 Å². The van der Waals surface area contributed by atoms with E-state index in [2.05, 4.69) is 10.5 Å². The Bertz CT molecular complexity index is 437. The van der Waals surface area contributed by atoms with Crippen LogP contribution in [0.25, 0.3) is 0 Å². The molecule has 0 saturated carbocycles. The van der Waals surface area contributed by atoms with Crippen molar-refractivity contribution in [2.24, 2.45) is 10.8 Å². The lowest BCUT2D eigenvalue weighted by Gasteiger charge is -2.09. The second kappa shape index (κ2) is 5.64. The van der Waals surface area contributed by atoms with Crippen molar-refractivity contribution in [3.8, 4) is 0 Å². The van der Waals surface area contributed by atoms with Gasteiger partial charge in [0, 0.05) is 19.7 Å². The average molecular weight is 234 g/mol. The van der Waals surface area contributed by atoms with E-state index in [1.54, 1.807) is 38.4 Å². The number of nitrogens with zero attached hydrogens (tertiary/aromatic N) is 2. The van der Waals surface area contributed by atoms with Crippen LogP contribution in [0, 0.1) is 0 Å². The number of rotatable bonds is 3. The fraction of sp³-hybridized carbons (Fsp3) is 0.182. The topological polar surface area (TPSA) is 87.8 Å². The van der Waals surface area contributed by atoms with Gasteiger partial charge in [-0.15, -0.1) is 0 Å². The third kappa shape index (κ3) is 3.94. The van der Waals surface area contributed by atoms with E-state index < -0.39 is 6.03 Å². The highest BCUT2D eigenvalue weighted by Gasteiger charge is 2.06. The number of nitrogens with one attached hydrogen (secondary N) is 1. The van der Waals surface area contributed by atoms with E-state index in [0.717, 1.165) is 5.56 Å². The number of carbonyl (C=O) groups excluding carboxylic acids is 2. The highest BCUT2D eigenvalue weighted by atomic mass is 16.2. The van der Waals surface area contributed by atoms with Crippen molar-refractivity contribution in [1.29, 1.82) is 0 Å². The summed E-state index contributed by atoms with van der Waals surface area (Å²) in [6.45, 7) is 0. The van der Waals surface area contributed by atoms with Crippen molar-refractivity contribution in [2.75, 3.05) is 14.1 Å². The van der Waals surface area contributed by atoms with Crippen molar-refractivity contribution in [3.63, 3.8) is 0 Å². The van der Waals surface area contributed by atoms with E-state index in [1.165, 1.54) is 11.1 Å². The number of hydrogen-bond acceptors (Lipinski definition) is 3. The zero-order valence-corrected chi connectivity index (χ0v) is 9.68. The molecule has 1 aromatic rings. The first-order valence-electron chi connectivity index (χ1n) is 4.91. The standard InChI is InChI=1S/C11H14N4O2/c1-15(2)10(16)9-5-3-8(4-6-9)7-13-14-11(12)17/h3-7H,1-2H3,(H3,12,14,17). The molecule has 0 bridgehead atoms. The Hall–Kier alpha value is -2.37. The van der Waals surface area contributed by atoms with Crippen LogP contribution in [0.3, 0.4) is 0 Å². The van der Waals surface area contributed by atoms with Crippen molar-refractivity contribution in [3.05, 3.63) is 35.4 Å². The van der Waals surface area contributed by atoms with Crippen LogP contribution in [-0.2, 0) is 0 Å². The van der Waals surface area contributed by atoms with Crippen LogP contribution in [0.4, 0.5) is 4.79 Å². The molecule has 17 heavy (non-hydrogen) atoms. The van der Waals surface area contributed by atoms with E-state index in [9.17, 15) is 9.59 Å². The predicted molar refractivity (Wildman–Crippen MR) is 64.8 cm³/mol. The smallest absolute Gasteiger partial charge is 0.332 e. The first kappa shape index (κ1) is 12.7. The van der Waals surface area contributed by atoms with Gasteiger partial charge in [-0.2, -0.15) is 5.10 Å². The zero-order chi connectivity index (χ0) is 12.8. The average Bonchev–Trinajstić information content (AvgIpc) is 2.28. The zero-order valence-electron chi connectivity index (χ0n) is 9.68. The molecule has 0 aliphatic carbocycles. The molecule has 90 valence electrons. The summed E-state index contributed by atoms with van der Waals surface area (Å²) < 4.78 is 0. The molecule has 3 N–H and O–H groups in total. The molecule has 6 heteroatoms. The van der Waals surface area contributed by atoms with Crippen LogP contribution < -0.4 is 11.2 Å². The maximum atomic E-state index is 11.6. The molecule has 0 atom stereocenters. The number of urea groups is 1. The van der Waals surface area contributed by atoms with Gasteiger partial charge in [0.2, 0.25) is 0 Å². The van der Waals surface area contributed by atoms with Crippen molar-refractivity contribution < 1.29 is 9.59 Å². The SMILES string of the molecule is CN(C)C(=O)c1ccc(C=NNC(N)=O)cc1. The van der Waals surface area contributed by atoms with Crippen LogP contribution in [-0.4, -0.2) is 37.1 Å². The molecule has 0 saturated heterocycles. The van der Waals surface area contributed by atoms with E-state index >= 15 is 0 Å². The first-order valence-corrected chi connectivity index (χ1v) is 4.91. The number of benzene rings is 1. The molecule has 0 aliphatic heterocycles. The number of primary amides is 1. The molecule has 0 radical (unpaired) electrons. The lowest BCUT2D eigenvalue weighted by atomic mass is 10.1. The van der Waals surface area contributed by atoms with Crippen molar-refractivity contribution in [1.82, 2.24) is 10.3 Å². The number of nitrogens with two attached hydrogens (primary N) is 1. The fourth-order valence-electron chi connectivity index (χ4n) is 1.14. The summed E-state index contributed by atoms with van der Waals surface area (Å²) >= 11 is 0. The van der Waals surface area contributed by atoms with Crippen LogP contribution in [0.1, 0.15) is 15.9 Å². The fourth-order valence-corrected chi connectivity index (χ4v) is 1.14. The Morgan fingerprint density at radius 2 is 1.88 bits per heavy atom. The number of amides is 3. The molecule has 0 aliphatic rings. The molecule has 0 unspecified atom stereocenters. The maximum Gasteiger partial charge on any atom is 0.332 e. The van der Waals surface area contributed by atoms with Crippen molar-refractivity contribution in [2.45, 2.75) is 0 Å². The normalized spacial score (nSPS) is 10.2. The van der Waals surface area contributed by atoms with E-state index in [-0.39, 0.29) is 5.91 Å². The van der Waals surface area contributed by atoms with Gasteiger partial charge in [0.15, 0.2) is 0 Å². The Kier molecular flexibility index (Phi) is 4.21. The molecular weight excluding hydrogens is 220 g/mol. The highest BCUT2D eigenvalue weighted by Crippen LogP contribution is 2.04. The highest BCUT2D eigenvalue weighted by molar-refractivity contribution is 5.94. The minimum absolute atomic E-state index is 0.0660. The van der Waals surface area contributed by atoms with Gasteiger partial charge in [-0.05, 0) is 17.7 Å². The molecule has 0 aromatic heterocycles. The van der Waals surface area contributed by atoms with E-state index in [1.807, 2.05) is 0 Å². The Morgan fingerprint density at radius 1 is 1.29 bits per heavy atom. The van der Waals surface area contributed by atoms with Crippen molar-refractivity contribution >= 4 is 18.2 Å². The Labute approximate surface area is 99.1 Å². The van der Waals surface area contributed by atoms with Gasteiger partial charge in [0.25, 0.3) is 5.91 Å². The van der Waals surface area contributed by atoms with Gasteiger partial charge in [-0.1, -0.05) is 12.1 Å². The molecule has 6 nitrogen and oxygen atoms in total. The van der Waals surface area contributed by atoms with Gasteiger partial charge in [0.1, 0.15) is 0 Å². The second-order valence-electron chi connectivity index (χ2n) is 3.56. The maximum absolute atomic E-state index is 11.6. The minimum atomic E-state index is -0.722. The minimum Gasteiger partial charge on any atom is -0.350 e. The largest absolute Gasteiger partial charge is 0.350 e. The van der Waals surface area contributed by atoms with Crippen LogP contribution >= 0.6 is 0 Å². The molecule has 0 fully saturated rings. The third-order valence-electron chi connectivity index (χ3n) is 1.95.